The maximum absolute atomic E-state index is 14.7. The van der Waals surface area contributed by atoms with E-state index in [1.54, 1.807) is 27.7 Å². The van der Waals surface area contributed by atoms with Crippen molar-refractivity contribution in [2.75, 3.05) is 20.1 Å². The molecule has 0 spiro atoms. The third-order valence-electron chi connectivity index (χ3n) is 11.1. The zero-order valence-corrected chi connectivity index (χ0v) is 32.1. The van der Waals surface area contributed by atoms with Crippen LogP contribution in [0.5, 0.6) is 0 Å². The predicted octanol–water partition coefficient (Wildman–Crippen LogP) is 2.29. The van der Waals surface area contributed by atoms with Crippen LogP contribution in [0.15, 0.2) is 36.4 Å². The Morgan fingerprint density at radius 1 is 1.04 bits per heavy atom. The number of nitrogens with zero attached hydrogens (tertiary/aromatic N) is 2. The number of likely N-dealkylation sites (N-methyl/N-ethyl adjacent to an activating group) is 1. The number of urea groups is 1. The Labute approximate surface area is 302 Å². The van der Waals surface area contributed by atoms with Gasteiger partial charge in [-0.05, 0) is 81.3 Å². The largest absolute Gasteiger partial charge is 0.363 e. The van der Waals surface area contributed by atoms with Crippen molar-refractivity contribution in [1.82, 2.24) is 25.2 Å². The molecule has 3 aliphatic rings. The Hall–Kier alpha value is -3.78. The maximum atomic E-state index is 14.7. The van der Waals surface area contributed by atoms with Gasteiger partial charge in [-0.15, -0.1) is 0 Å². The topological polar surface area (TPSA) is 188 Å². The van der Waals surface area contributed by atoms with E-state index in [1.807, 2.05) is 45.0 Å². The number of ketones is 1. The minimum absolute atomic E-state index is 0.0292. The van der Waals surface area contributed by atoms with Crippen molar-refractivity contribution in [2.24, 2.45) is 28.9 Å². The summed E-state index contributed by atoms with van der Waals surface area (Å²) in [5.74, 6) is -3.44. The number of piperidine rings is 1. The van der Waals surface area contributed by atoms with Crippen LogP contribution in [-0.2, 0) is 42.0 Å². The molecule has 51 heavy (non-hydrogen) atoms. The van der Waals surface area contributed by atoms with E-state index in [0.717, 1.165) is 17.5 Å². The average Bonchev–Trinajstić information content (AvgIpc) is 3.41. The van der Waals surface area contributed by atoms with Gasteiger partial charge in [0.05, 0.1) is 16.8 Å². The fraction of sp³-hybridized carbons (Fsp3) is 0.649. The smallest absolute Gasteiger partial charge is 0.315 e. The highest BCUT2D eigenvalue weighted by molar-refractivity contribution is 7.90. The van der Waals surface area contributed by atoms with Crippen LogP contribution >= 0.6 is 0 Å². The van der Waals surface area contributed by atoms with Crippen molar-refractivity contribution in [1.29, 1.82) is 0 Å². The van der Waals surface area contributed by atoms with E-state index in [2.05, 4.69) is 22.5 Å². The number of benzene rings is 1. The number of hydrogen-bond acceptors (Lipinski definition) is 7. The molecular weight excluding hydrogens is 673 g/mol. The first-order chi connectivity index (χ1) is 23.6. The maximum Gasteiger partial charge on any atom is 0.315 e. The lowest BCUT2D eigenvalue weighted by Gasteiger charge is -2.36. The number of sulfonamides is 1. The Kier molecular flexibility index (Phi) is 11.8. The summed E-state index contributed by atoms with van der Waals surface area (Å²) in [5, 5.41) is 8.50. The summed E-state index contributed by atoms with van der Waals surface area (Å²) in [5.41, 5.74) is 7.75. The molecule has 0 radical (unpaired) electrons. The Morgan fingerprint density at radius 2 is 1.63 bits per heavy atom. The first-order valence-electron chi connectivity index (χ1n) is 17.8. The zero-order valence-electron chi connectivity index (χ0n) is 31.2. The van der Waals surface area contributed by atoms with Crippen LogP contribution in [0.1, 0.15) is 78.9 Å². The second kappa shape index (κ2) is 15.1. The van der Waals surface area contributed by atoms with Gasteiger partial charge in [0.2, 0.25) is 27.6 Å². The number of rotatable bonds is 15. The van der Waals surface area contributed by atoms with Gasteiger partial charge in [0, 0.05) is 20.1 Å². The molecule has 6 atom stereocenters. The van der Waals surface area contributed by atoms with Gasteiger partial charge in [-0.1, -0.05) is 70.0 Å². The van der Waals surface area contributed by atoms with Gasteiger partial charge >= 0.3 is 6.03 Å². The van der Waals surface area contributed by atoms with E-state index in [4.69, 9.17) is 5.73 Å². The molecule has 1 unspecified atom stereocenters. The molecule has 1 aromatic carbocycles. The molecule has 1 heterocycles. The number of nitrogens with two attached hydrogens (primary N) is 1. The van der Waals surface area contributed by atoms with Crippen molar-refractivity contribution in [3.8, 4) is 0 Å². The van der Waals surface area contributed by atoms with Gasteiger partial charge in [-0.25, -0.2) is 17.5 Å². The normalized spacial score (nSPS) is 22.7. The summed E-state index contributed by atoms with van der Waals surface area (Å²) in [6, 6.07) is 3.37. The minimum atomic E-state index is -3.71. The van der Waals surface area contributed by atoms with Gasteiger partial charge < -0.3 is 26.6 Å². The highest BCUT2D eigenvalue weighted by Gasteiger charge is 2.69. The van der Waals surface area contributed by atoms with Crippen LogP contribution in [-0.4, -0.2) is 96.2 Å². The number of Topliss-reactive ketones (excluding diaryl/α,β-unsaturated/α-hetero) is 1. The zero-order chi connectivity index (χ0) is 38.2. The second-order valence-corrected chi connectivity index (χ2v) is 18.9. The Morgan fingerprint density at radius 3 is 2.14 bits per heavy atom. The molecule has 14 heteroatoms. The molecule has 5 amide bonds. The van der Waals surface area contributed by atoms with Crippen LogP contribution in [0.4, 0.5) is 4.79 Å². The Balaban J connectivity index is 1.61. The SMILES string of the molecule is C=C(C)[C@@H](CN(C)S(=O)(=O)C(C)(C)C)NC(=O)N[C@H](C(=O)N1C[C@H]2[C@@H]([C@H]1C(=O)NC(CCCC)C(=O)C(N)=O)C2(C)C)C1Cc2ccccc2C1. The summed E-state index contributed by atoms with van der Waals surface area (Å²) in [6.07, 6.45) is 2.61. The van der Waals surface area contributed by atoms with E-state index in [9.17, 15) is 32.4 Å². The molecule has 2 fully saturated rings. The number of unbranched alkanes of at least 4 members (excludes halogenated alkanes) is 1. The number of hydrogen-bond donors (Lipinski definition) is 4. The molecule has 2 aliphatic carbocycles. The first-order valence-corrected chi connectivity index (χ1v) is 19.3. The minimum Gasteiger partial charge on any atom is -0.363 e. The molecule has 13 nitrogen and oxygen atoms in total. The third kappa shape index (κ3) is 8.32. The molecule has 282 valence electrons. The molecule has 1 saturated heterocycles. The monoisotopic (exact) mass is 728 g/mol. The van der Waals surface area contributed by atoms with Crippen molar-refractivity contribution in [2.45, 2.75) is 109 Å². The molecule has 5 N–H and O–H groups in total. The fourth-order valence-electron chi connectivity index (χ4n) is 7.80. The molecule has 1 aliphatic heterocycles. The van der Waals surface area contributed by atoms with Crippen molar-refractivity contribution < 1.29 is 32.4 Å². The van der Waals surface area contributed by atoms with E-state index in [0.29, 0.717) is 31.4 Å². The number of nitrogens with one attached hydrogen (secondary N) is 3. The van der Waals surface area contributed by atoms with Crippen LogP contribution < -0.4 is 21.7 Å². The Bertz CT molecular complexity index is 1640. The van der Waals surface area contributed by atoms with E-state index >= 15 is 0 Å². The van der Waals surface area contributed by atoms with Gasteiger partial charge in [-0.3, -0.25) is 19.2 Å². The molecular formula is C37H56N6O7S. The molecule has 1 aromatic rings. The number of carbonyl (C=O) groups excluding carboxylic acids is 5. The van der Waals surface area contributed by atoms with Crippen LogP contribution in [0.2, 0.25) is 0 Å². The van der Waals surface area contributed by atoms with Crippen molar-refractivity contribution in [3.63, 3.8) is 0 Å². The summed E-state index contributed by atoms with van der Waals surface area (Å²) in [4.78, 5) is 68.5. The average molecular weight is 729 g/mol. The highest BCUT2D eigenvalue weighted by Crippen LogP contribution is 2.65. The predicted molar refractivity (Wildman–Crippen MR) is 195 cm³/mol. The van der Waals surface area contributed by atoms with Gasteiger partial charge in [0.25, 0.3) is 5.91 Å². The van der Waals surface area contributed by atoms with Crippen LogP contribution in [0, 0.1) is 23.2 Å². The number of primary amides is 1. The molecule has 4 rings (SSSR count). The van der Waals surface area contributed by atoms with Gasteiger partial charge in [-0.2, -0.15) is 0 Å². The summed E-state index contributed by atoms with van der Waals surface area (Å²) < 4.78 is 26.3. The number of fused-ring (bicyclic) bond motifs is 2. The van der Waals surface area contributed by atoms with Crippen molar-refractivity contribution in [3.05, 3.63) is 47.5 Å². The van der Waals surface area contributed by atoms with E-state index in [1.165, 1.54) is 16.3 Å². The lowest BCUT2D eigenvalue weighted by molar-refractivity contribution is -0.144. The van der Waals surface area contributed by atoms with Gasteiger partial charge in [0.15, 0.2) is 0 Å². The number of likely N-dealkylation sites (tertiary alicyclic amines) is 1. The lowest BCUT2D eigenvalue weighted by atomic mass is 9.93. The number of carbonyl (C=O) groups is 5. The molecule has 0 bridgehead atoms. The van der Waals surface area contributed by atoms with Crippen LogP contribution in [0.25, 0.3) is 0 Å². The highest BCUT2D eigenvalue weighted by atomic mass is 32.2. The molecule has 0 aromatic heterocycles. The van der Waals surface area contributed by atoms with E-state index in [-0.39, 0.29) is 36.1 Å². The van der Waals surface area contributed by atoms with Gasteiger partial charge in [0.1, 0.15) is 12.1 Å². The van der Waals surface area contributed by atoms with E-state index < -0.39 is 68.5 Å². The third-order valence-corrected chi connectivity index (χ3v) is 13.6. The summed E-state index contributed by atoms with van der Waals surface area (Å²) in [6.45, 7) is 16.7. The lowest BCUT2D eigenvalue weighted by Crippen LogP contribution is -2.61. The first kappa shape index (κ1) is 40.0. The second-order valence-electron chi connectivity index (χ2n) is 16.2. The van der Waals surface area contributed by atoms with Crippen LogP contribution in [0.3, 0.4) is 0 Å². The number of amides is 5. The fourth-order valence-corrected chi connectivity index (χ4v) is 9.08. The molecule has 1 saturated carbocycles. The standard InChI is InChI=1S/C37H56N6O7S/c1-10-11-16-26(31(44)32(38)45)39-33(46)30-28-25(37(28,7)8)19-43(30)34(47)29(24-17-22-14-12-13-15-23(22)18-24)41-35(48)40-27(21(2)3)20-42(9)51(49,50)36(4,5)6/h12-15,24-30H,2,10-11,16-20H2,1,3-9H3,(H2,38,45)(H,39,46)(H2,40,41,48)/t25-,26?,27+,28-,29-,30-/m0/s1. The van der Waals surface area contributed by atoms with Crippen molar-refractivity contribution >= 4 is 39.6 Å². The quantitative estimate of drug-likeness (QED) is 0.158. The summed E-state index contributed by atoms with van der Waals surface area (Å²) in [7, 11) is -2.25. The summed E-state index contributed by atoms with van der Waals surface area (Å²) >= 11 is 0.